The van der Waals surface area contributed by atoms with Crippen molar-refractivity contribution in [3.05, 3.63) is 52.6 Å². The summed E-state index contributed by atoms with van der Waals surface area (Å²) in [5.41, 5.74) is 0.994. The Morgan fingerprint density at radius 3 is 2.80 bits per heavy atom. The van der Waals surface area contributed by atoms with Crippen molar-refractivity contribution >= 4 is 29.0 Å². The highest BCUT2D eigenvalue weighted by atomic mass is 32.2. The molecule has 156 valence electrons. The fourth-order valence-corrected chi connectivity index (χ4v) is 3.19. The highest BCUT2D eigenvalue weighted by Gasteiger charge is 2.15. The van der Waals surface area contributed by atoms with E-state index in [9.17, 15) is 14.9 Å². The molecule has 3 rings (SSSR count). The molecule has 1 aromatic heterocycles. The van der Waals surface area contributed by atoms with E-state index >= 15 is 0 Å². The lowest BCUT2D eigenvalue weighted by Crippen LogP contribution is -2.14. The van der Waals surface area contributed by atoms with Crippen LogP contribution in [0.2, 0.25) is 0 Å². The van der Waals surface area contributed by atoms with Gasteiger partial charge in [0, 0.05) is 6.07 Å². The molecule has 2 N–H and O–H groups in total. The van der Waals surface area contributed by atoms with Gasteiger partial charge < -0.3 is 14.8 Å². The summed E-state index contributed by atoms with van der Waals surface area (Å²) in [4.78, 5) is 27.0. The van der Waals surface area contributed by atoms with Crippen molar-refractivity contribution < 1.29 is 19.2 Å². The normalized spacial score (nSPS) is 10.5. The van der Waals surface area contributed by atoms with Gasteiger partial charge in [-0.1, -0.05) is 23.9 Å². The molecule has 0 unspecified atom stereocenters. The van der Waals surface area contributed by atoms with Crippen molar-refractivity contribution in [3.8, 4) is 22.9 Å². The maximum atomic E-state index is 12.3. The molecule has 0 atom stereocenters. The SMILES string of the molecule is CCOc1ccccc1-c1nc(SCC(=O)Nc2ccc([N+](=O)[O-])cc2OC)n[nH]1. The number of thioether (sulfide) groups is 1. The van der Waals surface area contributed by atoms with Gasteiger partial charge in [-0.05, 0) is 25.1 Å². The molecular weight excluding hydrogens is 410 g/mol. The minimum atomic E-state index is -0.533. The van der Waals surface area contributed by atoms with E-state index in [1.165, 1.54) is 25.3 Å². The molecule has 0 aliphatic carbocycles. The van der Waals surface area contributed by atoms with Gasteiger partial charge in [-0.2, -0.15) is 0 Å². The fourth-order valence-electron chi connectivity index (χ4n) is 2.59. The summed E-state index contributed by atoms with van der Waals surface area (Å²) in [5, 5.41) is 20.9. The van der Waals surface area contributed by atoms with Crippen molar-refractivity contribution in [2.75, 3.05) is 24.8 Å². The Balaban J connectivity index is 1.63. The van der Waals surface area contributed by atoms with Crippen LogP contribution in [-0.4, -0.2) is 45.5 Å². The zero-order valence-electron chi connectivity index (χ0n) is 16.2. The number of anilines is 1. The van der Waals surface area contributed by atoms with Gasteiger partial charge in [0.25, 0.3) is 5.69 Å². The first-order valence-electron chi connectivity index (χ1n) is 8.91. The molecule has 0 aliphatic rings. The van der Waals surface area contributed by atoms with Crippen LogP contribution in [0.5, 0.6) is 11.5 Å². The number of nitro benzene ring substituents is 1. The second-order valence-corrected chi connectivity index (χ2v) is 6.82. The molecule has 0 saturated carbocycles. The summed E-state index contributed by atoms with van der Waals surface area (Å²) in [6.45, 7) is 2.43. The van der Waals surface area contributed by atoms with Gasteiger partial charge in [0.15, 0.2) is 5.82 Å². The van der Waals surface area contributed by atoms with Gasteiger partial charge >= 0.3 is 0 Å². The Morgan fingerprint density at radius 2 is 2.07 bits per heavy atom. The minimum absolute atomic E-state index is 0.0462. The first kappa shape index (κ1) is 21.1. The van der Waals surface area contributed by atoms with Crippen LogP contribution >= 0.6 is 11.8 Å². The van der Waals surface area contributed by atoms with Gasteiger partial charge in [-0.3, -0.25) is 20.0 Å². The van der Waals surface area contributed by atoms with Gasteiger partial charge in [0.05, 0.1) is 41.7 Å². The number of ether oxygens (including phenoxy) is 2. The number of H-pyrrole nitrogens is 1. The molecule has 0 saturated heterocycles. The molecule has 30 heavy (non-hydrogen) atoms. The number of amides is 1. The van der Waals surface area contributed by atoms with E-state index in [4.69, 9.17) is 9.47 Å². The summed E-state index contributed by atoms with van der Waals surface area (Å²) in [7, 11) is 1.37. The lowest BCUT2D eigenvalue weighted by atomic mass is 10.2. The van der Waals surface area contributed by atoms with Crippen LogP contribution in [0.1, 0.15) is 6.92 Å². The van der Waals surface area contributed by atoms with Crippen LogP contribution in [0.3, 0.4) is 0 Å². The molecular formula is C19H19N5O5S. The fraction of sp³-hybridized carbons (Fsp3) is 0.211. The Morgan fingerprint density at radius 1 is 1.27 bits per heavy atom. The summed E-state index contributed by atoms with van der Waals surface area (Å²) >= 11 is 1.15. The Labute approximate surface area is 176 Å². The Kier molecular flexibility index (Phi) is 6.86. The third-order valence-corrected chi connectivity index (χ3v) is 4.76. The third kappa shape index (κ3) is 5.06. The number of carbonyl (C=O) groups is 1. The van der Waals surface area contributed by atoms with E-state index in [0.717, 1.165) is 17.3 Å². The zero-order valence-corrected chi connectivity index (χ0v) is 17.1. The number of rotatable bonds is 9. The number of nitrogens with one attached hydrogen (secondary N) is 2. The van der Waals surface area contributed by atoms with Crippen molar-refractivity contribution in [2.24, 2.45) is 0 Å². The number of nitrogens with zero attached hydrogens (tertiary/aromatic N) is 3. The highest BCUT2D eigenvalue weighted by Crippen LogP contribution is 2.30. The standard InChI is InChI=1S/C19H19N5O5S/c1-3-29-15-7-5-4-6-13(15)18-21-19(23-22-18)30-11-17(25)20-14-9-8-12(24(26)27)10-16(14)28-2/h4-10H,3,11H2,1-2H3,(H,20,25)(H,21,22,23). The highest BCUT2D eigenvalue weighted by molar-refractivity contribution is 7.99. The summed E-state index contributed by atoms with van der Waals surface area (Å²) in [6, 6.07) is 11.4. The number of nitro groups is 1. The largest absolute Gasteiger partial charge is 0.494 e. The maximum Gasteiger partial charge on any atom is 0.273 e. The van der Waals surface area contributed by atoms with Crippen molar-refractivity contribution in [2.45, 2.75) is 12.1 Å². The summed E-state index contributed by atoms with van der Waals surface area (Å²) in [6.07, 6.45) is 0. The molecule has 1 heterocycles. The van der Waals surface area contributed by atoms with Crippen molar-refractivity contribution in [1.82, 2.24) is 15.2 Å². The van der Waals surface area contributed by atoms with E-state index in [0.29, 0.717) is 29.0 Å². The molecule has 10 nitrogen and oxygen atoms in total. The number of hydrogen-bond acceptors (Lipinski definition) is 8. The monoisotopic (exact) mass is 429 g/mol. The molecule has 0 radical (unpaired) electrons. The van der Waals surface area contributed by atoms with Crippen molar-refractivity contribution in [1.29, 1.82) is 0 Å². The van der Waals surface area contributed by atoms with Crippen LogP contribution < -0.4 is 14.8 Å². The summed E-state index contributed by atoms with van der Waals surface area (Å²) < 4.78 is 10.7. The predicted octanol–water partition coefficient (Wildman–Crippen LogP) is 3.52. The van der Waals surface area contributed by atoms with Gasteiger partial charge in [-0.25, -0.2) is 4.98 Å². The minimum Gasteiger partial charge on any atom is -0.494 e. The van der Waals surface area contributed by atoms with E-state index in [1.54, 1.807) is 0 Å². The molecule has 2 aromatic carbocycles. The topological polar surface area (TPSA) is 132 Å². The van der Waals surface area contributed by atoms with E-state index in [2.05, 4.69) is 20.5 Å². The van der Waals surface area contributed by atoms with Crippen LogP contribution in [0, 0.1) is 10.1 Å². The number of benzene rings is 2. The van der Waals surface area contributed by atoms with Gasteiger partial charge in [0.1, 0.15) is 11.5 Å². The molecule has 0 aliphatic heterocycles. The molecule has 11 heteroatoms. The van der Waals surface area contributed by atoms with Crippen molar-refractivity contribution in [3.63, 3.8) is 0 Å². The smallest absolute Gasteiger partial charge is 0.273 e. The molecule has 0 spiro atoms. The Hall–Kier alpha value is -3.60. The number of carbonyl (C=O) groups excluding carboxylic acids is 1. The number of aromatic amines is 1. The molecule has 0 bridgehead atoms. The lowest BCUT2D eigenvalue weighted by molar-refractivity contribution is -0.384. The second-order valence-electron chi connectivity index (χ2n) is 5.87. The number of para-hydroxylation sites is 1. The third-order valence-electron chi connectivity index (χ3n) is 3.91. The van der Waals surface area contributed by atoms with Crippen LogP contribution in [0.25, 0.3) is 11.4 Å². The quantitative estimate of drug-likeness (QED) is 0.300. The first-order chi connectivity index (χ1) is 14.5. The Bertz CT molecular complexity index is 1060. The molecule has 1 amide bonds. The summed E-state index contributed by atoms with van der Waals surface area (Å²) in [5.74, 6) is 1.16. The number of non-ortho nitro benzene ring substituents is 1. The second kappa shape index (κ2) is 9.74. The molecule has 3 aromatic rings. The van der Waals surface area contributed by atoms with Gasteiger partial charge in [-0.15, -0.1) is 5.10 Å². The number of hydrogen-bond donors (Lipinski definition) is 2. The van der Waals surface area contributed by atoms with Crippen LogP contribution in [-0.2, 0) is 4.79 Å². The maximum absolute atomic E-state index is 12.3. The van der Waals surface area contributed by atoms with Crippen LogP contribution in [0.4, 0.5) is 11.4 Å². The average Bonchev–Trinajstić information content (AvgIpc) is 3.22. The first-order valence-corrected chi connectivity index (χ1v) is 9.90. The zero-order chi connectivity index (χ0) is 21.5. The van der Waals surface area contributed by atoms with Gasteiger partial charge in [0.2, 0.25) is 11.1 Å². The predicted molar refractivity (Wildman–Crippen MR) is 112 cm³/mol. The average molecular weight is 429 g/mol. The van der Waals surface area contributed by atoms with E-state index in [-0.39, 0.29) is 23.1 Å². The molecule has 0 fully saturated rings. The lowest BCUT2D eigenvalue weighted by Gasteiger charge is -2.09. The number of methoxy groups -OCH3 is 1. The van der Waals surface area contributed by atoms with E-state index < -0.39 is 4.92 Å². The number of aromatic nitrogens is 3. The van der Waals surface area contributed by atoms with E-state index in [1.807, 2.05) is 31.2 Å². The van der Waals surface area contributed by atoms with Crippen LogP contribution in [0.15, 0.2) is 47.6 Å².